The normalized spacial score (nSPS) is 15.7. The SMILES string of the molecule is NC(=NCc1cn2ccccc2n1)N1CCN(c2ccc(F)cc2)CC1. The quantitative estimate of drug-likeness (QED) is 0.579. The van der Waals surface area contributed by atoms with Gasteiger partial charge in [0.2, 0.25) is 0 Å². The first-order chi connectivity index (χ1) is 12.7. The van der Waals surface area contributed by atoms with Crippen molar-refractivity contribution >= 4 is 17.3 Å². The zero-order valence-corrected chi connectivity index (χ0v) is 14.4. The Morgan fingerprint density at radius 2 is 1.85 bits per heavy atom. The van der Waals surface area contributed by atoms with Crippen LogP contribution in [0.3, 0.4) is 0 Å². The second kappa shape index (κ2) is 7.03. The standard InChI is InChI=1S/C19H21FN6/c20-15-4-6-17(7-5-15)24-9-11-25(12-10-24)19(21)22-13-16-14-26-8-2-1-3-18(26)23-16/h1-8,14H,9-13H2,(H2,21,22). The number of guanidine groups is 1. The lowest BCUT2D eigenvalue weighted by Gasteiger charge is -2.36. The summed E-state index contributed by atoms with van der Waals surface area (Å²) in [6.07, 6.45) is 3.94. The van der Waals surface area contributed by atoms with Crippen LogP contribution in [0.1, 0.15) is 5.69 Å². The van der Waals surface area contributed by atoms with Gasteiger partial charge in [-0.25, -0.2) is 14.4 Å². The molecule has 0 spiro atoms. The Bertz CT molecular complexity index is 876. The van der Waals surface area contributed by atoms with Gasteiger partial charge in [0.15, 0.2) is 5.96 Å². The van der Waals surface area contributed by atoms with Gasteiger partial charge in [0.05, 0.1) is 12.2 Å². The first-order valence-corrected chi connectivity index (χ1v) is 8.67. The van der Waals surface area contributed by atoms with Gasteiger partial charge in [-0.2, -0.15) is 0 Å². The maximum atomic E-state index is 13.0. The molecule has 1 aliphatic heterocycles. The molecule has 0 saturated carbocycles. The Balaban J connectivity index is 1.36. The number of pyridine rings is 1. The second-order valence-corrected chi connectivity index (χ2v) is 6.32. The van der Waals surface area contributed by atoms with Crippen molar-refractivity contribution < 1.29 is 4.39 Å². The summed E-state index contributed by atoms with van der Waals surface area (Å²) >= 11 is 0. The summed E-state index contributed by atoms with van der Waals surface area (Å²) in [5, 5.41) is 0. The van der Waals surface area contributed by atoms with Gasteiger partial charge in [-0.05, 0) is 36.4 Å². The number of benzene rings is 1. The maximum Gasteiger partial charge on any atom is 0.191 e. The Labute approximate surface area is 151 Å². The molecule has 3 aromatic rings. The molecule has 2 N–H and O–H groups in total. The number of hydrogen-bond acceptors (Lipinski definition) is 3. The number of rotatable bonds is 3. The monoisotopic (exact) mass is 352 g/mol. The predicted octanol–water partition coefficient (Wildman–Crippen LogP) is 2.11. The molecule has 0 amide bonds. The van der Waals surface area contributed by atoms with E-state index in [0.29, 0.717) is 12.5 Å². The van der Waals surface area contributed by atoms with Crippen molar-refractivity contribution in [2.75, 3.05) is 31.1 Å². The highest BCUT2D eigenvalue weighted by Gasteiger charge is 2.18. The number of imidazole rings is 1. The highest BCUT2D eigenvalue weighted by Crippen LogP contribution is 2.17. The average Bonchev–Trinajstić information content (AvgIpc) is 3.10. The van der Waals surface area contributed by atoms with Crippen molar-refractivity contribution in [3.05, 3.63) is 66.4 Å². The summed E-state index contributed by atoms with van der Waals surface area (Å²) in [4.78, 5) is 13.3. The van der Waals surface area contributed by atoms with Gasteiger partial charge in [-0.15, -0.1) is 0 Å². The smallest absolute Gasteiger partial charge is 0.191 e. The number of fused-ring (bicyclic) bond motifs is 1. The molecule has 6 nitrogen and oxygen atoms in total. The molecule has 2 aromatic heterocycles. The van der Waals surface area contributed by atoms with E-state index in [-0.39, 0.29) is 5.82 Å². The van der Waals surface area contributed by atoms with Crippen LogP contribution in [-0.4, -0.2) is 46.4 Å². The molecular formula is C19H21FN6. The summed E-state index contributed by atoms with van der Waals surface area (Å²) in [6, 6.07) is 12.5. The van der Waals surface area contributed by atoms with E-state index in [1.54, 1.807) is 0 Å². The average molecular weight is 352 g/mol. The summed E-state index contributed by atoms with van der Waals surface area (Å²) in [7, 11) is 0. The molecule has 134 valence electrons. The second-order valence-electron chi connectivity index (χ2n) is 6.32. The number of aromatic nitrogens is 2. The minimum absolute atomic E-state index is 0.212. The van der Waals surface area contributed by atoms with E-state index in [4.69, 9.17) is 5.73 Å². The van der Waals surface area contributed by atoms with Crippen LogP contribution in [0.15, 0.2) is 59.9 Å². The van der Waals surface area contributed by atoms with Gasteiger partial charge in [-0.3, -0.25) is 0 Å². The Morgan fingerprint density at radius 1 is 1.08 bits per heavy atom. The molecule has 4 rings (SSSR count). The zero-order valence-electron chi connectivity index (χ0n) is 14.4. The maximum absolute atomic E-state index is 13.0. The van der Waals surface area contributed by atoms with E-state index in [1.165, 1.54) is 12.1 Å². The lowest BCUT2D eigenvalue weighted by Crippen LogP contribution is -2.51. The molecule has 0 aliphatic carbocycles. The number of nitrogens with two attached hydrogens (primary N) is 1. The first kappa shape index (κ1) is 16.4. The summed E-state index contributed by atoms with van der Waals surface area (Å²) in [5.41, 5.74) is 9.00. The fourth-order valence-electron chi connectivity index (χ4n) is 3.17. The lowest BCUT2D eigenvalue weighted by molar-refractivity contribution is 0.380. The van der Waals surface area contributed by atoms with Gasteiger partial charge in [0.25, 0.3) is 0 Å². The number of halogens is 1. The number of piperazine rings is 1. The van der Waals surface area contributed by atoms with Crippen molar-refractivity contribution in [1.29, 1.82) is 0 Å². The molecule has 1 aromatic carbocycles. The molecule has 0 bridgehead atoms. The Hall–Kier alpha value is -3.09. The van der Waals surface area contributed by atoms with Crippen LogP contribution in [0, 0.1) is 5.82 Å². The topological polar surface area (TPSA) is 62.2 Å². The minimum atomic E-state index is -0.212. The molecule has 1 saturated heterocycles. The van der Waals surface area contributed by atoms with Crippen molar-refractivity contribution in [2.45, 2.75) is 6.54 Å². The van der Waals surface area contributed by atoms with Crippen molar-refractivity contribution in [2.24, 2.45) is 10.7 Å². The third-order valence-electron chi connectivity index (χ3n) is 4.61. The summed E-state index contributed by atoms with van der Waals surface area (Å²) in [6.45, 7) is 3.70. The van der Waals surface area contributed by atoms with Gasteiger partial charge in [0.1, 0.15) is 11.5 Å². The fraction of sp³-hybridized carbons (Fsp3) is 0.263. The molecule has 1 aliphatic rings. The van der Waals surface area contributed by atoms with E-state index in [0.717, 1.165) is 43.2 Å². The fourth-order valence-corrected chi connectivity index (χ4v) is 3.17. The number of anilines is 1. The number of nitrogens with zero attached hydrogens (tertiary/aromatic N) is 5. The number of hydrogen-bond donors (Lipinski definition) is 1. The summed E-state index contributed by atoms with van der Waals surface area (Å²) in [5.74, 6) is 0.330. The summed E-state index contributed by atoms with van der Waals surface area (Å²) < 4.78 is 15.0. The molecule has 26 heavy (non-hydrogen) atoms. The molecular weight excluding hydrogens is 331 g/mol. The lowest BCUT2D eigenvalue weighted by atomic mass is 10.2. The number of aliphatic imine (C=N–C) groups is 1. The molecule has 0 unspecified atom stereocenters. The van der Waals surface area contributed by atoms with E-state index in [1.807, 2.05) is 47.1 Å². The van der Waals surface area contributed by atoms with Gasteiger partial charge < -0.3 is 19.9 Å². The molecule has 0 atom stereocenters. The van der Waals surface area contributed by atoms with Crippen LogP contribution in [0.25, 0.3) is 5.65 Å². The third kappa shape index (κ3) is 3.46. The van der Waals surface area contributed by atoms with Gasteiger partial charge in [0, 0.05) is 44.3 Å². The van der Waals surface area contributed by atoms with Crippen LogP contribution >= 0.6 is 0 Å². The predicted molar refractivity (Wildman–Crippen MR) is 101 cm³/mol. The van der Waals surface area contributed by atoms with Crippen molar-refractivity contribution in [3.63, 3.8) is 0 Å². The van der Waals surface area contributed by atoms with Crippen molar-refractivity contribution in [1.82, 2.24) is 14.3 Å². The van der Waals surface area contributed by atoms with Crippen LogP contribution in [0.4, 0.5) is 10.1 Å². The zero-order chi connectivity index (χ0) is 17.9. The van der Waals surface area contributed by atoms with Crippen LogP contribution < -0.4 is 10.6 Å². The molecule has 0 radical (unpaired) electrons. The van der Waals surface area contributed by atoms with E-state index < -0.39 is 0 Å². The van der Waals surface area contributed by atoms with Crippen molar-refractivity contribution in [3.8, 4) is 0 Å². The van der Waals surface area contributed by atoms with E-state index in [9.17, 15) is 4.39 Å². The van der Waals surface area contributed by atoms with Gasteiger partial charge in [-0.1, -0.05) is 6.07 Å². The highest BCUT2D eigenvalue weighted by atomic mass is 19.1. The first-order valence-electron chi connectivity index (χ1n) is 8.67. The Kier molecular flexibility index (Phi) is 4.43. The van der Waals surface area contributed by atoms with E-state index >= 15 is 0 Å². The Morgan fingerprint density at radius 3 is 2.58 bits per heavy atom. The van der Waals surface area contributed by atoms with Crippen LogP contribution in [0.2, 0.25) is 0 Å². The largest absolute Gasteiger partial charge is 0.370 e. The molecule has 1 fully saturated rings. The van der Waals surface area contributed by atoms with Crippen LogP contribution in [0.5, 0.6) is 0 Å². The molecule has 3 heterocycles. The van der Waals surface area contributed by atoms with Gasteiger partial charge >= 0.3 is 0 Å². The minimum Gasteiger partial charge on any atom is -0.370 e. The van der Waals surface area contributed by atoms with Crippen LogP contribution in [-0.2, 0) is 6.54 Å². The van der Waals surface area contributed by atoms with E-state index in [2.05, 4.69) is 19.8 Å². The molecule has 7 heteroatoms. The highest BCUT2D eigenvalue weighted by molar-refractivity contribution is 5.78. The third-order valence-corrected chi connectivity index (χ3v) is 4.61.